The molecule has 0 saturated carbocycles. The van der Waals surface area contributed by atoms with Crippen molar-refractivity contribution in [2.24, 2.45) is 0 Å². The average molecular weight is 370 g/mol. The number of hydrogen-bond donors (Lipinski definition) is 3. The number of para-hydroxylation sites is 2. The third-order valence-electron chi connectivity index (χ3n) is 4.57. The van der Waals surface area contributed by atoms with Gasteiger partial charge in [0.25, 0.3) is 0 Å². The molecule has 1 aromatic heterocycles. The van der Waals surface area contributed by atoms with Gasteiger partial charge in [-0.1, -0.05) is 54.6 Å². The van der Waals surface area contributed by atoms with E-state index in [1.165, 1.54) is 0 Å². The fourth-order valence-electron chi connectivity index (χ4n) is 3.14. The van der Waals surface area contributed by atoms with E-state index in [4.69, 9.17) is 0 Å². The molecule has 28 heavy (non-hydrogen) atoms. The molecule has 2 amide bonds. The molecular formula is C23H22N4O. The predicted molar refractivity (Wildman–Crippen MR) is 112 cm³/mol. The summed E-state index contributed by atoms with van der Waals surface area (Å²) in [4.78, 5) is 20.1. The number of benzene rings is 3. The maximum absolute atomic E-state index is 12.1. The van der Waals surface area contributed by atoms with Crippen LogP contribution < -0.4 is 10.6 Å². The van der Waals surface area contributed by atoms with Crippen LogP contribution in [0.2, 0.25) is 0 Å². The molecule has 0 spiro atoms. The van der Waals surface area contributed by atoms with Crippen LogP contribution in [0.1, 0.15) is 17.0 Å². The van der Waals surface area contributed by atoms with E-state index in [1.54, 1.807) is 0 Å². The SMILES string of the molecule is O=C(NCc1ccccc1)Nc1cccc(CCc2nc3ccccc3[nH]2)c1. The number of imidazole rings is 1. The summed E-state index contributed by atoms with van der Waals surface area (Å²) in [6.45, 7) is 0.498. The quantitative estimate of drug-likeness (QED) is 0.462. The summed E-state index contributed by atoms with van der Waals surface area (Å²) in [7, 11) is 0. The average Bonchev–Trinajstić information content (AvgIpc) is 3.15. The van der Waals surface area contributed by atoms with Gasteiger partial charge in [-0.05, 0) is 41.8 Å². The number of carbonyl (C=O) groups is 1. The maximum Gasteiger partial charge on any atom is 0.319 e. The second kappa shape index (κ2) is 8.39. The summed E-state index contributed by atoms with van der Waals surface area (Å²) in [6, 6.07) is 25.6. The molecule has 0 saturated heterocycles. The van der Waals surface area contributed by atoms with Crippen LogP contribution >= 0.6 is 0 Å². The van der Waals surface area contributed by atoms with Crippen molar-refractivity contribution in [1.29, 1.82) is 0 Å². The monoisotopic (exact) mass is 370 g/mol. The Morgan fingerprint density at radius 3 is 2.50 bits per heavy atom. The third-order valence-corrected chi connectivity index (χ3v) is 4.57. The number of rotatable bonds is 6. The molecule has 0 bridgehead atoms. The first-order valence-electron chi connectivity index (χ1n) is 9.37. The Hall–Kier alpha value is -3.60. The van der Waals surface area contributed by atoms with Crippen LogP contribution in [0.15, 0.2) is 78.9 Å². The number of aryl methyl sites for hydroxylation is 2. The van der Waals surface area contributed by atoms with E-state index in [-0.39, 0.29) is 6.03 Å². The summed E-state index contributed by atoms with van der Waals surface area (Å²) in [6.07, 6.45) is 1.67. The van der Waals surface area contributed by atoms with Gasteiger partial charge in [-0.25, -0.2) is 9.78 Å². The van der Waals surface area contributed by atoms with Gasteiger partial charge in [0.05, 0.1) is 11.0 Å². The van der Waals surface area contributed by atoms with Crippen molar-refractivity contribution in [3.8, 4) is 0 Å². The Kier molecular flexibility index (Phi) is 5.33. The normalized spacial score (nSPS) is 10.7. The number of aromatic nitrogens is 2. The zero-order valence-corrected chi connectivity index (χ0v) is 15.5. The van der Waals surface area contributed by atoms with Crippen LogP contribution in [0.5, 0.6) is 0 Å². The smallest absolute Gasteiger partial charge is 0.319 e. The van der Waals surface area contributed by atoms with Gasteiger partial charge < -0.3 is 15.6 Å². The lowest BCUT2D eigenvalue weighted by Crippen LogP contribution is -2.28. The van der Waals surface area contributed by atoms with Crippen LogP contribution in [0.3, 0.4) is 0 Å². The van der Waals surface area contributed by atoms with Crippen molar-refractivity contribution in [2.45, 2.75) is 19.4 Å². The number of carbonyl (C=O) groups excluding carboxylic acids is 1. The molecular weight excluding hydrogens is 348 g/mol. The van der Waals surface area contributed by atoms with E-state index in [1.807, 2.05) is 72.8 Å². The first-order valence-corrected chi connectivity index (χ1v) is 9.37. The Morgan fingerprint density at radius 2 is 1.64 bits per heavy atom. The molecule has 0 aliphatic heterocycles. The molecule has 4 aromatic rings. The summed E-state index contributed by atoms with van der Waals surface area (Å²) < 4.78 is 0. The minimum absolute atomic E-state index is 0.210. The highest BCUT2D eigenvalue weighted by molar-refractivity contribution is 5.89. The van der Waals surface area contributed by atoms with Crippen molar-refractivity contribution in [1.82, 2.24) is 15.3 Å². The molecule has 5 heteroatoms. The lowest BCUT2D eigenvalue weighted by molar-refractivity contribution is 0.251. The number of anilines is 1. The van der Waals surface area contributed by atoms with Gasteiger partial charge in [0.1, 0.15) is 5.82 Å². The Bertz CT molecular complexity index is 1040. The fraction of sp³-hybridized carbons (Fsp3) is 0.130. The van der Waals surface area contributed by atoms with Crippen LogP contribution in [0, 0.1) is 0 Å². The Morgan fingerprint density at radius 1 is 0.857 bits per heavy atom. The molecule has 4 rings (SSSR count). The maximum atomic E-state index is 12.1. The number of amides is 2. The second-order valence-corrected chi connectivity index (χ2v) is 6.69. The zero-order chi connectivity index (χ0) is 19.2. The molecule has 0 radical (unpaired) electrons. The van der Waals surface area contributed by atoms with E-state index in [2.05, 4.69) is 26.7 Å². The number of urea groups is 1. The third kappa shape index (κ3) is 4.57. The number of nitrogens with one attached hydrogen (secondary N) is 3. The van der Waals surface area contributed by atoms with E-state index >= 15 is 0 Å². The lowest BCUT2D eigenvalue weighted by atomic mass is 10.1. The summed E-state index contributed by atoms with van der Waals surface area (Å²) >= 11 is 0. The van der Waals surface area contributed by atoms with Crippen molar-refractivity contribution in [3.05, 3.63) is 95.8 Å². The van der Waals surface area contributed by atoms with E-state index in [9.17, 15) is 4.79 Å². The summed E-state index contributed by atoms with van der Waals surface area (Å²) in [5, 5.41) is 5.77. The molecule has 0 atom stereocenters. The minimum atomic E-state index is -0.210. The van der Waals surface area contributed by atoms with Crippen molar-refractivity contribution in [3.63, 3.8) is 0 Å². The second-order valence-electron chi connectivity index (χ2n) is 6.69. The van der Waals surface area contributed by atoms with Gasteiger partial charge in [0.15, 0.2) is 0 Å². The molecule has 0 aliphatic carbocycles. The number of hydrogen-bond acceptors (Lipinski definition) is 2. The van der Waals surface area contributed by atoms with Crippen LogP contribution in [-0.4, -0.2) is 16.0 Å². The molecule has 3 N–H and O–H groups in total. The highest BCUT2D eigenvalue weighted by Crippen LogP contribution is 2.15. The zero-order valence-electron chi connectivity index (χ0n) is 15.5. The molecule has 5 nitrogen and oxygen atoms in total. The van der Waals surface area contributed by atoms with Gasteiger partial charge in [-0.3, -0.25) is 0 Å². The van der Waals surface area contributed by atoms with Gasteiger partial charge in [-0.15, -0.1) is 0 Å². The van der Waals surface area contributed by atoms with Crippen molar-refractivity contribution < 1.29 is 4.79 Å². The molecule has 0 aliphatic rings. The van der Waals surface area contributed by atoms with Crippen LogP contribution in [0.25, 0.3) is 11.0 Å². The molecule has 3 aromatic carbocycles. The number of nitrogens with zero attached hydrogens (tertiary/aromatic N) is 1. The van der Waals surface area contributed by atoms with E-state index < -0.39 is 0 Å². The Labute approximate surface area is 163 Å². The predicted octanol–water partition coefficient (Wildman–Crippen LogP) is 4.67. The first-order chi connectivity index (χ1) is 13.8. The lowest BCUT2D eigenvalue weighted by Gasteiger charge is -2.09. The van der Waals surface area contributed by atoms with Gasteiger partial charge in [-0.2, -0.15) is 0 Å². The Balaban J connectivity index is 1.32. The molecule has 0 fully saturated rings. The standard InChI is InChI=1S/C23H22N4O/c28-23(24-16-18-7-2-1-3-8-18)25-19-10-6-9-17(15-19)13-14-22-26-20-11-4-5-12-21(20)27-22/h1-12,15H,13-14,16H2,(H,26,27)(H2,24,25,28). The summed E-state index contributed by atoms with van der Waals surface area (Å²) in [5.74, 6) is 0.972. The largest absolute Gasteiger partial charge is 0.342 e. The first kappa shape index (κ1) is 17.8. The number of aromatic amines is 1. The number of H-pyrrole nitrogens is 1. The molecule has 140 valence electrons. The highest BCUT2D eigenvalue weighted by atomic mass is 16.2. The molecule has 1 heterocycles. The molecule has 0 unspecified atom stereocenters. The van der Waals surface area contributed by atoms with E-state index in [0.717, 1.165) is 46.5 Å². The topological polar surface area (TPSA) is 69.8 Å². The minimum Gasteiger partial charge on any atom is -0.342 e. The van der Waals surface area contributed by atoms with Crippen LogP contribution in [-0.2, 0) is 19.4 Å². The van der Waals surface area contributed by atoms with Gasteiger partial charge in [0, 0.05) is 18.7 Å². The fourth-order valence-corrected chi connectivity index (χ4v) is 3.14. The van der Waals surface area contributed by atoms with Crippen molar-refractivity contribution in [2.75, 3.05) is 5.32 Å². The van der Waals surface area contributed by atoms with Gasteiger partial charge in [0.2, 0.25) is 0 Å². The number of fused-ring (bicyclic) bond motifs is 1. The summed E-state index contributed by atoms with van der Waals surface area (Å²) in [5.41, 5.74) is 5.05. The van der Waals surface area contributed by atoms with Gasteiger partial charge >= 0.3 is 6.03 Å². The van der Waals surface area contributed by atoms with E-state index in [0.29, 0.717) is 6.54 Å². The van der Waals surface area contributed by atoms with Crippen molar-refractivity contribution >= 4 is 22.8 Å². The highest BCUT2D eigenvalue weighted by Gasteiger charge is 2.05. The van der Waals surface area contributed by atoms with Crippen LogP contribution in [0.4, 0.5) is 10.5 Å².